The van der Waals surface area contributed by atoms with Crippen LogP contribution in [0.3, 0.4) is 0 Å². The zero-order valence-electron chi connectivity index (χ0n) is 8.25. The van der Waals surface area contributed by atoms with Crippen LogP contribution in [0, 0.1) is 5.41 Å². The molecule has 92 valence electrons. The van der Waals surface area contributed by atoms with Gasteiger partial charge in [0.05, 0.1) is 15.9 Å². The first-order chi connectivity index (χ1) is 8.06. The summed E-state index contributed by atoms with van der Waals surface area (Å²) in [4.78, 5) is 3.63. The second-order valence-corrected chi connectivity index (χ2v) is 4.06. The lowest BCUT2D eigenvalue weighted by molar-refractivity contribution is 0.146. The summed E-state index contributed by atoms with van der Waals surface area (Å²) in [7, 11) is 0. The van der Waals surface area contributed by atoms with Gasteiger partial charge in [0.15, 0.2) is 12.3 Å². The number of pyridine rings is 1. The van der Waals surface area contributed by atoms with Crippen LogP contribution in [0.4, 0.5) is 12.7 Å². The molecule has 1 rings (SSSR count). The van der Waals surface area contributed by atoms with Gasteiger partial charge >= 0.3 is 0 Å². The van der Waals surface area contributed by atoms with Crippen molar-refractivity contribution in [3.05, 3.63) is 40.3 Å². The summed E-state index contributed by atoms with van der Waals surface area (Å²) in [5.41, 5.74) is -0.439. The lowest BCUT2D eigenvalue weighted by Gasteiger charge is -2.04. The van der Waals surface area contributed by atoms with Crippen LogP contribution in [0.1, 0.15) is 17.8 Å². The molecule has 0 fully saturated rings. The van der Waals surface area contributed by atoms with Crippen molar-refractivity contribution in [2.45, 2.75) is 6.43 Å². The van der Waals surface area contributed by atoms with E-state index >= 15 is 0 Å². The van der Waals surface area contributed by atoms with E-state index < -0.39 is 12.1 Å². The average Bonchev–Trinajstić information content (AvgIpc) is 2.35. The highest BCUT2D eigenvalue weighted by Crippen LogP contribution is 2.18. The van der Waals surface area contributed by atoms with Crippen LogP contribution in [0.5, 0.6) is 0 Å². The summed E-state index contributed by atoms with van der Waals surface area (Å²) in [6.45, 7) is 0. The quantitative estimate of drug-likeness (QED) is 0.640. The highest BCUT2D eigenvalue weighted by Gasteiger charge is 2.12. The number of alkyl halides is 2. The van der Waals surface area contributed by atoms with Gasteiger partial charge in [-0.15, -0.1) is 3.89 Å². The third kappa shape index (κ3) is 4.04. The maximum Gasteiger partial charge on any atom is 0.280 e. The van der Waals surface area contributed by atoms with Crippen LogP contribution in [0.15, 0.2) is 28.9 Å². The molecule has 2 N–H and O–H groups in total. The van der Waals surface area contributed by atoms with Gasteiger partial charge in [0.25, 0.3) is 6.43 Å². The number of aromatic nitrogens is 1. The molecule has 3 nitrogen and oxygen atoms in total. The Labute approximate surface area is 109 Å². The standard InChI is InChI=1S/C9H7BrF3N3S/c10-5(4-15-17-13)8(14)6-2-1-3-7(16-6)9(11)12/h1-4,9,14-15H/b5-4+,14-8?. The smallest absolute Gasteiger partial charge is 0.280 e. The molecule has 0 amide bonds. The Hall–Kier alpha value is -1.02. The van der Waals surface area contributed by atoms with Crippen molar-refractivity contribution in [1.82, 2.24) is 9.71 Å². The second kappa shape index (κ2) is 6.65. The van der Waals surface area contributed by atoms with Crippen molar-refractivity contribution < 1.29 is 12.7 Å². The molecule has 0 aliphatic heterocycles. The van der Waals surface area contributed by atoms with Gasteiger partial charge in [-0.3, -0.25) is 5.41 Å². The zero-order chi connectivity index (χ0) is 12.8. The first-order valence-electron chi connectivity index (χ1n) is 4.29. The van der Waals surface area contributed by atoms with E-state index in [9.17, 15) is 12.7 Å². The zero-order valence-corrected chi connectivity index (χ0v) is 10.7. The van der Waals surface area contributed by atoms with Gasteiger partial charge in [0.1, 0.15) is 5.69 Å². The van der Waals surface area contributed by atoms with Gasteiger partial charge in [-0.05, 0) is 28.1 Å². The van der Waals surface area contributed by atoms with Crippen molar-refractivity contribution >= 4 is 34.0 Å². The number of halogens is 4. The number of rotatable bonds is 5. The molecule has 8 heteroatoms. The fourth-order valence-electron chi connectivity index (χ4n) is 0.981. The van der Waals surface area contributed by atoms with Crippen molar-refractivity contribution in [2.75, 3.05) is 0 Å². The lowest BCUT2D eigenvalue weighted by Crippen LogP contribution is -2.06. The molecule has 1 aromatic heterocycles. The maximum absolute atomic E-state index is 12.4. The molecule has 0 aromatic carbocycles. The van der Waals surface area contributed by atoms with Gasteiger partial charge < -0.3 is 4.72 Å². The van der Waals surface area contributed by atoms with Crippen LogP contribution < -0.4 is 4.72 Å². The molecular formula is C9H7BrF3N3S. The predicted molar refractivity (Wildman–Crippen MR) is 64.9 cm³/mol. The summed E-state index contributed by atoms with van der Waals surface area (Å²) in [5.74, 6) is 0. The Balaban J connectivity index is 2.92. The maximum atomic E-state index is 12.4. The summed E-state index contributed by atoms with van der Waals surface area (Å²) < 4.78 is 38.9. The van der Waals surface area contributed by atoms with E-state index in [1.807, 2.05) is 0 Å². The monoisotopic (exact) mass is 325 g/mol. The first-order valence-corrected chi connectivity index (χ1v) is 5.80. The fraction of sp³-hybridized carbons (Fsp3) is 0.111. The van der Waals surface area contributed by atoms with E-state index in [4.69, 9.17) is 5.41 Å². The Morgan fingerprint density at radius 3 is 2.82 bits per heavy atom. The number of nitrogens with zero attached hydrogens (tertiary/aromatic N) is 1. The SMILES string of the molecule is N=C(/C(Br)=C\NSF)c1cccc(C(F)F)n1. The van der Waals surface area contributed by atoms with E-state index in [0.717, 1.165) is 0 Å². The minimum absolute atomic E-state index is 0.0802. The Bertz CT molecular complexity index is 439. The molecule has 0 atom stereocenters. The molecule has 0 aliphatic carbocycles. The van der Waals surface area contributed by atoms with E-state index in [2.05, 4.69) is 25.6 Å². The molecule has 0 spiro atoms. The van der Waals surface area contributed by atoms with Crippen LogP contribution >= 0.6 is 28.3 Å². The van der Waals surface area contributed by atoms with Crippen LogP contribution in [0.2, 0.25) is 0 Å². The fourth-order valence-corrected chi connectivity index (χ4v) is 1.61. The van der Waals surface area contributed by atoms with E-state index in [1.54, 1.807) is 0 Å². The van der Waals surface area contributed by atoms with E-state index in [1.165, 1.54) is 24.4 Å². The summed E-state index contributed by atoms with van der Waals surface area (Å²) in [6.07, 6.45) is -1.51. The van der Waals surface area contributed by atoms with Gasteiger partial charge in [0.2, 0.25) is 0 Å². The molecule has 0 saturated carbocycles. The third-order valence-corrected chi connectivity index (χ3v) is 2.55. The topological polar surface area (TPSA) is 48.8 Å². The first kappa shape index (κ1) is 14.0. The highest BCUT2D eigenvalue weighted by atomic mass is 79.9. The summed E-state index contributed by atoms with van der Waals surface area (Å²) in [5, 5.41) is 7.66. The van der Waals surface area contributed by atoms with Gasteiger partial charge in [-0.1, -0.05) is 6.07 Å². The van der Waals surface area contributed by atoms with Gasteiger partial charge in [-0.25, -0.2) is 13.8 Å². The van der Waals surface area contributed by atoms with Crippen molar-refractivity contribution in [3.63, 3.8) is 0 Å². The molecule has 0 aliphatic rings. The largest absolute Gasteiger partial charge is 0.308 e. The molecule has 0 unspecified atom stereocenters. The highest BCUT2D eigenvalue weighted by molar-refractivity contribution is 9.12. The minimum atomic E-state index is -2.69. The minimum Gasteiger partial charge on any atom is -0.308 e. The lowest BCUT2D eigenvalue weighted by atomic mass is 10.2. The number of hydrogen-bond donors (Lipinski definition) is 2. The molecule has 1 heterocycles. The predicted octanol–water partition coefficient (Wildman–Crippen LogP) is 3.75. The van der Waals surface area contributed by atoms with E-state index in [-0.39, 0.29) is 28.2 Å². The second-order valence-electron chi connectivity index (χ2n) is 2.81. The Morgan fingerprint density at radius 1 is 1.53 bits per heavy atom. The van der Waals surface area contributed by atoms with Crippen molar-refractivity contribution in [1.29, 1.82) is 5.41 Å². The third-order valence-electron chi connectivity index (χ3n) is 1.72. The van der Waals surface area contributed by atoms with Crippen LogP contribution in [-0.4, -0.2) is 10.7 Å². The van der Waals surface area contributed by atoms with E-state index in [0.29, 0.717) is 0 Å². The van der Waals surface area contributed by atoms with Crippen LogP contribution in [0.25, 0.3) is 0 Å². The molecule has 17 heavy (non-hydrogen) atoms. The number of hydrogen-bond acceptors (Lipinski definition) is 4. The van der Waals surface area contributed by atoms with Crippen molar-refractivity contribution in [3.8, 4) is 0 Å². The molecule has 1 aromatic rings. The van der Waals surface area contributed by atoms with Crippen LogP contribution in [-0.2, 0) is 0 Å². The summed E-state index contributed by atoms with van der Waals surface area (Å²) in [6, 6.07) is 3.98. The normalized spacial score (nSPS) is 11.7. The number of allylic oxidation sites excluding steroid dienone is 1. The molecule has 0 bridgehead atoms. The van der Waals surface area contributed by atoms with Crippen molar-refractivity contribution in [2.24, 2.45) is 0 Å². The van der Waals surface area contributed by atoms with Gasteiger partial charge in [0, 0.05) is 6.20 Å². The van der Waals surface area contributed by atoms with Gasteiger partial charge in [-0.2, -0.15) is 0 Å². The molecular weight excluding hydrogens is 319 g/mol. The molecule has 0 saturated heterocycles. The average molecular weight is 326 g/mol. The Morgan fingerprint density at radius 2 is 2.24 bits per heavy atom. The molecule has 0 radical (unpaired) electrons. The number of nitrogens with one attached hydrogen (secondary N) is 2. The summed E-state index contributed by atoms with van der Waals surface area (Å²) >= 11 is 2.87. The Kier molecular flexibility index (Phi) is 5.49.